The standard InChI is InChI=1S/C4H9FOS/c5-1-3-7-4-2-6/h6H,1-4H2. The molecule has 0 rings (SSSR count). The van der Waals surface area contributed by atoms with Gasteiger partial charge in [-0.1, -0.05) is 0 Å². The minimum Gasteiger partial charge on any atom is -0.396 e. The molecule has 0 fully saturated rings. The van der Waals surface area contributed by atoms with Gasteiger partial charge < -0.3 is 5.11 Å². The van der Waals surface area contributed by atoms with Crippen LogP contribution < -0.4 is 0 Å². The van der Waals surface area contributed by atoms with Crippen LogP contribution >= 0.6 is 11.8 Å². The Bertz CT molecular complexity index is 30.9. The van der Waals surface area contributed by atoms with Crippen LogP contribution in [0.1, 0.15) is 0 Å². The molecule has 0 atom stereocenters. The first-order valence-electron chi connectivity index (χ1n) is 2.16. The number of aliphatic hydroxyl groups is 1. The summed E-state index contributed by atoms with van der Waals surface area (Å²) in [6.07, 6.45) is 0. The summed E-state index contributed by atoms with van der Waals surface area (Å²) in [7, 11) is 0. The molecule has 1 nitrogen and oxygen atoms in total. The molecule has 0 aromatic heterocycles. The minimum absolute atomic E-state index is 0.157. The van der Waals surface area contributed by atoms with Crippen LogP contribution in [0.15, 0.2) is 0 Å². The topological polar surface area (TPSA) is 20.2 Å². The average molecular weight is 124 g/mol. The normalized spacial score (nSPS) is 9.43. The quantitative estimate of drug-likeness (QED) is 0.556. The lowest BCUT2D eigenvalue weighted by Crippen LogP contribution is -1.88. The molecule has 7 heavy (non-hydrogen) atoms. The van der Waals surface area contributed by atoms with Crippen LogP contribution in [0.2, 0.25) is 0 Å². The molecule has 0 radical (unpaired) electrons. The fourth-order valence-electron chi connectivity index (χ4n) is 0.221. The molecule has 44 valence electrons. The summed E-state index contributed by atoms with van der Waals surface area (Å²) >= 11 is 1.43. The van der Waals surface area contributed by atoms with Gasteiger partial charge in [0, 0.05) is 11.5 Å². The fourth-order valence-corrected chi connectivity index (χ4v) is 0.663. The third-order valence-corrected chi connectivity index (χ3v) is 1.37. The van der Waals surface area contributed by atoms with Gasteiger partial charge in [-0.3, -0.25) is 4.39 Å². The zero-order chi connectivity index (χ0) is 5.54. The predicted molar refractivity (Wildman–Crippen MR) is 30.4 cm³/mol. The first-order chi connectivity index (χ1) is 3.41. The summed E-state index contributed by atoms with van der Waals surface area (Å²) in [5, 5.41) is 8.15. The van der Waals surface area contributed by atoms with Crippen LogP contribution in [0, 0.1) is 0 Å². The zero-order valence-electron chi connectivity index (χ0n) is 4.06. The van der Waals surface area contributed by atoms with Crippen LogP contribution in [-0.4, -0.2) is 29.9 Å². The SMILES string of the molecule is OCCSCCF. The van der Waals surface area contributed by atoms with E-state index >= 15 is 0 Å². The monoisotopic (exact) mass is 124 g/mol. The largest absolute Gasteiger partial charge is 0.396 e. The zero-order valence-corrected chi connectivity index (χ0v) is 4.88. The summed E-state index contributed by atoms with van der Waals surface area (Å²) < 4.78 is 11.2. The Hall–Kier alpha value is 0.240. The summed E-state index contributed by atoms with van der Waals surface area (Å²) in [6.45, 7) is -0.130. The van der Waals surface area contributed by atoms with E-state index in [1.165, 1.54) is 11.8 Å². The smallest absolute Gasteiger partial charge is 0.0984 e. The Morgan fingerprint density at radius 1 is 1.43 bits per heavy atom. The van der Waals surface area contributed by atoms with Crippen LogP contribution in [0.25, 0.3) is 0 Å². The lowest BCUT2D eigenvalue weighted by Gasteiger charge is -1.89. The first kappa shape index (κ1) is 7.24. The van der Waals surface area contributed by atoms with Crippen LogP contribution in [0.3, 0.4) is 0 Å². The summed E-state index contributed by atoms with van der Waals surface area (Å²) in [5.41, 5.74) is 0. The van der Waals surface area contributed by atoms with Gasteiger partial charge in [0.1, 0.15) is 0 Å². The van der Waals surface area contributed by atoms with Gasteiger partial charge in [-0.2, -0.15) is 11.8 Å². The van der Waals surface area contributed by atoms with Crippen molar-refractivity contribution in [1.29, 1.82) is 0 Å². The van der Waals surface area contributed by atoms with Crippen molar-refractivity contribution in [2.45, 2.75) is 0 Å². The molecule has 0 aliphatic rings. The van der Waals surface area contributed by atoms with E-state index in [4.69, 9.17) is 5.11 Å². The van der Waals surface area contributed by atoms with E-state index in [2.05, 4.69) is 0 Å². The van der Waals surface area contributed by atoms with Crippen molar-refractivity contribution in [3.8, 4) is 0 Å². The van der Waals surface area contributed by atoms with E-state index in [9.17, 15) is 4.39 Å². The lowest BCUT2D eigenvalue weighted by atomic mass is 10.9. The Balaban J connectivity index is 2.45. The maximum absolute atomic E-state index is 11.2. The highest BCUT2D eigenvalue weighted by Crippen LogP contribution is 1.96. The minimum atomic E-state index is -0.287. The van der Waals surface area contributed by atoms with Gasteiger partial charge >= 0.3 is 0 Å². The van der Waals surface area contributed by atoms with Crippen LogP contribution in [0.5, 0.6) is 0 Å². The third kappa shape index (κ3) is 6.24. The molecular weight excluding hydrogens is 115 g/mol. The third-order valence-electron chi connectivity index (χ3n) is 0.457. The summed E-state index contributed by atoms with van der Waals surface area (Å²) in [4.78, 5) is 0. The second-order valence-electron chi connectivity index (χ2n) is 1.02. The Morgan fingerprint density at radius 2 is 2.14 bits per heavy atom. The van der Waals surface area contributed by atoms with Gasteiger partial charge in [0.15, 0.2) is 0 Å². The molecule has 3 heteroatoms. The van der Waals surface area contributed by atoms with E-state index in [1.54, 1.807) is 0 Å². The van der Waals surface area contributed by atoms with Crippen molar-refractivity contribution in [1.82, 2.24) is 0 Å². The average Bonchev–Trinajstić information content (AvgIpc) is 1.69. The van der Waals surface area contributed by atoms with Gasteiger partial charge in [-0.05, 0) is 0 Å². The van der Waals surface area contributed by atoms with Crippen LogP contribution in [0.4, 0.5) is 4.39 Å². The molecule has 0 aromatic carbocycles. The second kappa shape index (κ2) is 6.24. The molecular formula is C4H9FOS. The maximum Gasteiger partial charge on any atom is 0.0984 e. The Labute approximate surface area is 46.9 Å². The maximum atomic E-state index is 11.2. The highest BCUT2D eigenvalue weighted by molar-refractivity contribution is 7.99. The number of hydrogen-bond acceptors (Lipinski definition) is 2. The predicted octanol–water partition coefficient (Wildman–Crippen LogP) is 0.681. The highest BCUT2D eigenvalue weighted by Gasteiger charge is 1.82. The van der Waals surface area contributed by atoms with E-state index in [0.717, 1.165) is 0 Å². The van der Waals surface area contributed by atoms with Gasteiger partial charge in [0.05, 0.1) is 13.3 Å². The number of hydrogen-bond donors (Lipinski definition) is 1. The summed E-state index contributed by atoms with van der Waals surface area (Å²) in [5.74, 6) is 1.17. The van der Waals surface area contributed by atoms with Gasteiger partial charge in [-0.15, -0.1) is 0 Å². The van der Waals surface area contributed by atoms with Gasteiger partial charge in [0.25, 0.3) is 0 Å². The fraction of sp³-hybridized carbons (Fsp3) is 1.00. The number of rotatable bonds is 4. The lowest BCUT2D eigenvalue weighted by molar-refractivity contribution is 0.322. The van der Waals surface area contributed by atoms with Gasteiger partial charge in [0.2, 0.25) is 0 Å². The van der Waals surface area contributed by atoms with Crippen molar-refractivity contribution in [2.24, 2.45) is 0 Å². The molecule has 0 heterocycles. The van der Waals surface area contributed by atoms with E-state index < -0.39 is 0 Å². The molecule has 0 saturated heterocycles. The van der Waals surface area contributed by atoms with Gasteiger partial charge in [-0.25, -0.2) is 0 Å². The Morgan fingerprint density at radius 3 is 2.57 bits per heavy atom. The van der Waals surface area contributed by atoms with Crippen LogP contribution in [-0.2, 0) is 0 Å². The van der Waals surface area contributed by atoms with Crippen molar-refractivity contribution >= 4 is 11.8 Å². The second-order valence-corrected chi connectivity index (χ2v) is 2.25. The number of alkyl halides is 1. The van der Waals surface area contributed by atoms with E-state index in [-0.39, 0.29) is 13.3 Å². The van der Waals surface area contributed by atoms with Crippen molar-refractivity contribution in [3.63, 3.8) is 0 Å². The van der Waals surface area contributed by atoms with E-state index in [1.807, 2.05) is 0 Å². The number of thioether (sulfide) groups is 1. The molecule has 0 unspecified atom stereocenters. The molecule has 0 saturated carbocycles. The first-order valence-corrected chi connectivity index (χ1v) is 3.32. The van der Waals surface area contributed by atoms with Crippen molar-refractivity contribution in [3.05, 3.63) is 0 Å². The molecule has 0 aliphatic heterocycles. The van der Waals surface area contributed by atoms with Crippen molar-refractivity contribution in [2.75, 3.05) is 24.8 Å². The Kier molecular flexibility index (Phi) is 6.45. The molecule has 0 amide bonds. The molecule has 0 aromatic rings. The molecule has 0 spiro atoms. The number of halogens is 1. The molecule has 0 aliphatic carbocycles. The molecule has 1 N–H and O–H groups in total. The highest BCUT2D eigenvalue weighted by atomic mass is 32.2. The number of aliphatic hydroxyl groups excluding tert-OH is 1. The van der Waals surface area contributed by atoms with E-state index in [0.29, 0.717) is 11.5 Å². The van der Waals surface area contributed by atoms with Crippen molar-refractivity contribution < 1.29 is 9.50 Å². The summed E-state index contributed by atoms with van der Waals surface area (Å²) in [6, 6.07) is 0. The molecule has 0 bridgehead atoms.